The van der Waals surface area contributed by atoms with Crippen LogP contribution in [-0.4, -0.2) is 31.5 Å². The predicted molar refractivity (Wildman–Crippen MR) is 118 cm³/mol. The van der Waals surface area contributed by atoms with E-state index in [1.54, 1.807) is 0 Å². The molecule has 1 atom stereocenters. The lowest BCUT2D eigenvalue weighted by Crippen LogP contribution is -2.30. The van der Waals surface area contributed by atoms with E-state index in [9.17, 15) is 31.5 Å². The van der Waals surface area contributed by atoms with E-state index in [0.29, 0.717) is 12.8 Å². The van der Waals surface area contributed by atoms with Gasteiger partial charge in [-0.2, -0.15) is 26.9 Å². The van der Waals surface area contributed by atoms with Gasteiger partial charge in [-0.3, -0.25) is 4.79 Å². The number of amides is 1. The highest BCUT2D eigenvalue weighted by Crippen LogP contribution is 2.33. The fraction of sp³-hybridized carbons (Fsp3) is 0.636. The highest BCUT2D eigenvalue weighted by atomic mass is 32.2. The minimum absolute atomic E-state index is 0.00670. The molecule has 1 unspecified atom stereocenters. The lowest BCUT2D eigenvalue weighted by molar-refractivity contribution is -0.137. The molecule has 0 aromatic heterocycles. The van der Waals surface area contributed by atoms with Gasteiger partial charge in [0, 0.05) is 18.5 Å². The number of carbonyl (C=O) groups is 1. The van der Waals surface area contributed by atoms with Crippen molar-refractivity contribution in [1.82, 2.24) is 0 Å². The Morgan fingerprint density at radius 2 is 1.64 bits per heavy atom. The zero-order chi connectivity index (χ0) is 25.1. The second-order valence-electron chi connectivity index (χ2n) is 8.21. The first-order valence-electron chi connectivity index (χ1n) is 10.8. The maximum Gasteiger partial charge on any atom is 0.417 e. The summed E-state index contributed by atoms with van der Waals surface area (Å²) in [7, 11) is -3.71. The van der Waals surface area contributed by atoms with Gasteiger partial charge < -0.3 is 10.4 Å². The van der Waals surface area contributed by atoms with Crippen LogP contribution in [0.1, 0.15) is 82.3 Å². The number of nitriles is 1. The van der Waals surface area contributed by atoms with Crippen molar-refractivity contribution in [3.05, 3.63) is 29.3 Å². The number of anilines is 1. The van der Waals surface area contributed by atoms with Crippen LogP contribution in [0.4, 0.5) is 18.9 Å². The zero-order valence-electron chi connectivity index (χ0n) is 18.9. The number of alkyl halides is 3. The SMILES string of the molecule is CC(O)(CCCCCCCCCCC(=O)Nc1ccc(C#N)c(C(F)(F)F)c1)OS(C)(=O)=O. The van der Waals surface area contributed by atoms with Crippen molar-refractivity contribution < 1.29 is 35.7 Å². The fourth-order valence-electron chi connectivity index (χ4n) is 3.34. The number of benzene rings is 1. The summed E-state index contributed by atoms with van der Waals surface area (Å²) in [5, 5.41) is 21.1. The topological polar surface area (TPSA) is 116 Å². The highest BCUT2D eigenvalue weighted by molar-refractivity contribution is 7.86. The summed E-state index contributed by atoms with van der Waals surface area (Å²) in [6.45, 7) is 1.32. The molecule has 0 bridgehead atoms. The molecule has 1 aromatic carbocycles. The van der Waals surface area contributed by atoms with Gasteiger partial charge in [-0.15, -0.1) is 0 Å². The molecular formula is C22H31F3N2O5S. The predicted octanol–water partition coefficient (Wildman–Crippen LogP) is 5.10. The Hall–Kier alpha value is -2.16. The summed E-state index contributed by atoms with van der Waals surface area (Å²) in [6, 6.07) is 4.58. The maximum absolute atomic E-state index is 13.0. The lowest BCUT2D eigenvalue weighted by Gasteiger charge is -2.21. The average molecular weight is 493 g/mol. The van der Waals surface area contributed by atoms with Gasteiger partial charge in [0.05, 0.1) is 23.5 Å². The van der Waals surface area contributed by atoms with Gasteiger partial charge in [-0.25, -0.2) is 4.18 Å². The number of carbonyl (C=O) groups excluding carboxylic acids is 1. The summed E-state index contributed by atoms with van der Waals surface area (Å²) in [6.07, 6.45) is 3.28. The monoisotopic (exact) mass is 492 g/mol. The van der Waals surface area contributed by atoms with Gasteiger partial charge in [0.1, 0.15) is 0 Å². The molecule has 1 amide bonds. The molecule has 0 aliphatic rings. The Morgan fingerprint density at radius 1 is 1.09 bits per heavy atom. The smallest absolute Gasteiger partial charge is 0.365 e. The minimum Gasteiger partial charge on any atom is -0.365 e. The van der Waals surface area contributed by atoms with Crippen LogP contribution in [0.25, 0.3) is 0 Å². The number of halogens is 3. The van der Waals surface area contributed by atoms with Gasteiger partial charge in [-0.1, -0.05) is 38.5 Å². The summed E-state index contributed by atoms with van der Waals surface area (Å²) < 4.78 is 65.7. The van der Waals surface area contributed by atoms with Crippen molar-refractivity contribution in [3.8, 4) is 6.07 Å². The van der Waals surface area contributed by atoms with E-state index in [4.69, 9.17) is 5.26 Å². The van der Waals surface area contributed by atoms with E-state index < -0.39 is 33.2 Å². The lowest BCUT2D eigenvalue weighted by atomic mass is 10.0. The molecule has 2 N–H and O–H groups in total. The Labute approximate surface area is 193 Å². The second-order valence-corrected chi connectivity index (χ2v) is 9.78. The standard InChI is InChI=1S/C22H31F3N2O5S/c1-21(29,32-33(2,30)31)14-10-8-6-4-3-5-7-9-11-20(28)27-18-13-12-17(16-26)19(15-18)22(23,24)25/h12-13,15,29H,3-11,14H2,1-2H3,(H,27,28). The molecule has 0 spiro atoms. The number of hydrogen-bond acceptors (Lipinski definition) is 6. The average Bonchev–Trinajstić information content (AvgIpc) is 2.66. The van der Waals surface area contributed by atoms with Gasteiger partial charge in [-0.05, 0) is 38.0 Å². The van der Waals surface area contributed by atoms with E-state index in [-0.39, 0.29) is 24.4 Å². The summed E-state index contributed by atoms with van der Waals surface area (Å²) in [4.78, 5) is 12.0. The number of hydrogen-bond donors (Lipinski definition) is 2. The molecule has 0 saturated carbocycles. The molecule has 33 heavy (non-hydrogen) atoms. The number of rotatable bonds is 14. The van der Waals surface area contributed by atoms with Gasteiger partial charge in [0.15, 0.2) is 5.79 Å². The maximum atomic E-state index is 13.0. The third-order valence-electron chi connectivity index (χ3n) is 4.85. The third-order valence-corrected chi connectivity index (χ3v) is 5.52. The Kier molecular flexibility index (Phi) is 11.3. The van der Waals surface area contributed by atoms with E-state index in [0.717, 1.165) is 56.9 Å². The van der Waals surface area contributed by atoms with Crippen molar-refractivity contribution in [2.45, 2.75) is 83.1 Å². The summed E-state index contributed by atoms with van der Waals surface area (Å²) in [5.74, 6) is -2.07. The van der Waals surface area contributed by atoms with Crippen LogP contribution in [-0.2, 0) is 25.3 Å². The van der Waals surface area contributed by atoms with Crippen molar-refractivity contribution in [2.24, 2.45) is 0 Å². The van der Waals surface area contributed by atoms with Gasteiger partial charge in [0.2, 0.25) is 5.91 Å². The van der Waals surface area contributed by atoms with Crippen LogP contribution in [0.2, 0.25) is 0 Å². The van der Waals surface area contributed by atoms with Crippen molar-refractivity contribution in [3.63, 3.8) is 0 Å². The van der Waals surface area contributed by atoms with Crippen LogP contribution in [0, 0.1) is 11.3 Å². The molecule has 7 nitrogen and oxygen atoms in total. The molecule has 1 rings (SSSR count). The molecule has 0 aliphatic carbocycles. The van der Waals surface area contributed by atoms with Gasteiger partial charge in [0.25, 0.3) is 10.1 Å². The van der Waals surface area contributed by atoms with Crippen molar-refractivity contribution in [1.29, 1.82) is 5.26 Å². The molecular weight excluding hydrogens is 461 g/mol. The molecule has 0 fully saturated rings. The highest BCUT2D eigenvalue weighted by Gasteiger charge is 2.34. The van der Waals surface area contributed by atoms with Crippen LogP contribution in [0.15, 0.2) is 18.2 Å². The largest absolute Gasteiger partial charge is 0.417 e. The number of unbranched alkanes of at least 4 members (excludes halogenated alkanes) is 7. The second kappa shape index (κ2) is 12.9. The molecule has 0 heterocycles. The number of nitrogens with one attached hydrogen (secondary N) is 1. The van der Waals surface area contributed by atoms with Crippen LogP contribution >= 0.6 is 0 Å². The summed E-state index contributed by atoms with van der Waals surface area (Å²) in [5.41, 5.74) is -1.56. The molecule has 186 valence electrons. The Morgan fingerprint density at radius 3 is 2.15 bits per heavy atom. The summed E-state index contributed by atoms with van der Waals surface area (Å²) >= 11 is 0. The molecule has 1 aromatic rings. The first kappa shape index (κ1) is 28.9. The van der Waals surface area contributed by atoms with E-state index >= 15 is 0 Å². The number of aliphatic hydroxyl groups is 1. The molecule has 0 radical (unpaired) electrons. The van der Waals surface area contributed by atoms with Crippen LogP contribution in [0.5, 0.6) is 0 Å². The van der Waals surface area contributed by atoms with Gasteiger partial charge >= 0.3 is 6.18 Å². The first-order valence-corrected chi connectivity index (χ1v) is 12.6. The van der Waals surface area contributed by atoms with E-state index in [1.807, 2.05) is 0 Å². The first-order chi connectivity index (χ1) is 15.2. The third kappa shape index (κ3) is 12.6. The quantitative estimate of drug-likeness (QED) is 0.212. The fourth-order valence-corrected chi connectivity index (χ4v) is 4.08. The molecule has 0 aliphatic heterocycles. The Bertz CT molecular complexity index is 925. The van der Waals surface area contributed by atoms with Crippen LogP contribution in [0.3, 0.4) is 0 Å². The normalized spacial score (nSPS) is 13.8. The van der Waals surface area contributed by atoms with E-state index in [1.165, 1.54) is 19.1 Å². The van der Waals surface area contributed by atoms with Crippen molar-refractivity contribution in [2.75, 3.05) is 11.6 Å². The Balaban J connectivity index is 2.18. The van der Waals surface area contributed by atoms with E-state index in [2.05, 4.69) is 9.50 Å². The van der Waals surface area contributed by atoms with Crippen LogP contribution < -0.4 is 5.32 Å². The van der Waals surface area contributed by atoms with Crippen molar-refractivity contribution >= 4 is 21.7 Å². The molecule has 11 heteroatoms. The molecule has 0 saturated heterocycles. The zero-order valence-corrected chi connectivity index (χ0v) is 19.7. The number of nitrogens with zero attached hydrogens (tertiary/aromatic N) is 1. The minimum atomic E-state index is -4.67.